The summed E-state index contributed by atoms with van der Waals surface area (Å²) in [6.07, 6.45) is 0. The number of hydrogen-bond donors (Lipinski definition) is 0. The number of aromatic nitrogens is 2. The third-order valence-corrected chi connectivity index (χ3v) is 3.72. The minimum Gasteiger partial charge on any atom is -0.266 e. The van der Waals surface area contributed by atoms with E-state index in [1.807, 2.05) is 0 Å². The monoisotopic (exact) mass is 314 g/mol. The van der Waals surface area contributed by atoms with Crippen molar-refractivity contribution < 1.29 is 13.6 Å². The molecule has 1 aromatic heterocycles. The fraction of sp³-hybridized carbons (Fsp3) is 0.167. The second-order valence-corrected chi connectivity index (χ2v) is 4.59. The van der Waals surface area contributed by atoms with Crippen molar-refractivity contribution >= 4 is 21.8 Å². The highest BCUT2D eigenvalue weighted by molar-refractivity contribution is 9.10. The first kappa shape index (κ1) is 12.9. The zero-order chi connectivity index (χ0) is 13.4. The molecular formula is C12H9BrF2N2O. The molecule has 94 valence electrons. The summed E-state index contributed by atoms with van der Waals surface area (Å²) in [5.74, 6) is -2.62. The number of benzene rings is 1. The number of nitrogens with zero attached hydrogens (tertiary/aromatic N) is 2. The highest BCUT2D eigenvalue weighted by Crippen LogP contribution is 2.22. The third-order valence-electron chi connectivity index (χ3n) is 2.57. The quantitative estimate of drug-likeness (QED) is 0.810. The van der Waals surface area contributed by atoms with E-state index < -0.39 is 23.1 Å². The van der Waals surface area contributed by atoms with Crippen LogP contribution in [0.2, 0.25) is 0 Å². The summed E-state index contributed by atoms with van der Waals surface area (Å²) in [6.45, 7) is 3.33. The lowest BCUT2D eigenvalue weighted by molar-refractivity contribution is 0.0933. The average molecular weight is 315 g/mol. The smallest absolute Gasteiger partial charge is 0.266 e. The summed E-state index contributed by atoms with van der Waals surface area (Å²) in [5.41, 5.74) is 0.480. The van der Waals surface area contributed by atoms with Gasteiger partial charge in [-0.1, -0.05) is 6.07 Å². The Labute approximate surface area is 111 Å². The molecule has 0 aliphatic carbocycles. The van der Waals surface area contributed by atoms with Crippen LogP contribution in [-0.4, -0.2) is 15.7 Å². The second kappa shape index (κ2) is 4.61. The molecule has 1 heterocycles. The lowest BCUT2D eigenvalue weighted by Gasteiger charge is -2.05. The minimum absolute atomic E-state index is 0.500. The summed E-state index contributed by atoms with van der Waals surface area (Å²) in [7, 11) is 0. The fourth-order valence-corrected chi connectivity index (χ4v) is 1.88. The van der Waals surface area contributed by atoms with Gasteiger partial charge in [-0.25, -0.2) is 8.78 Å². The number of carbonyl (C=O) groups excluding carboxylic acids is 1. The molecule has 2 rings (SSSR count). The van der Waals surface area contributed by atoms with Gasteiger partial charge in [0.2, 0.25) is 0 Å². The van der Waals surface area contributed by atoms with Crippen LogP contribution in [0.1, 0.15) is 21.7 Å². The summed E-state index contributed by atoms with van der Waals surface area (Å²) >= 11 is 3.25. The third kappa shape index (κ3) is 1.96. The zero-order valence-electron chi connectivity index (χ0n) is 9.67. The minimum atomic E-state index is -0.899. The van der Waals surface area contributed by atoms with E-state index in [0.717, 1.165) is 16.8 Å². The molecule has 0 aliphatic rings. The zero-order valence-corrected chi connectivity index (χ0v) is 11.3. The molecule has 0 bridgehead atoms. The Bertz CT molecular complexity index is 617. The second-order valence-electron chi connectivity index (χ2n) is 3.80. The first-order valence-corrected chi connectivity index (χ1v) is 5.93. The number of rotatable bonds is 1. The predicted octanol–water partition coefficient (Wildman–Crippen LogP) is 3.23. The molecule has 3 nitrogen and oxygen atoms in total. The molecule has 0 saturated heterocycles. The van der Waals surface area contributed by atoms with Gasteiger partial charge in [-0.2, -0.15) is 9.78 Å². The van der Waals surface area contributed by atoms with Crippen molar-refractivity contribution in [3.05, 3.63) is 51.3 Å². The van der Waals surface area contributed by atoms with Crippen LogP contribution >= 0.6 is 15.9 Å². The van der Waals surface area contributed by atoms with Gasteiger partial charge in [0, 0.05) is 0 Å². The molecule has 0 saturated carbocycles. The van der Waals surface area contributed by atoms with Crippen LogP contribution in [0, 0.1) is 25.5 Å². The Morgan fingerprint density at radius 2 is 1.83 bits per heavy atom. The molecule has 18 heavy (non-hydrogen) atoms. The molecule has 0 amide bonds. The van der Waals surface area contributed by atoms with Crippen LogP contribution in [0.3, 0.4) is 0 Å². The van der Waals surface area contributed by atoms with Crippen molar-refractivity contribution in [2.75, 3.05) is 0 Å². The Morgan fingerprint density at radius 1 is 1.28 bits per heavy atom. The van der Waals surface area contributed by atoms with E-state index in [4.69, 9.17) is 0 Å². The first-order valence-electron chi connectivity index (χ1n) is 5.14. The van der Waals surface area contributed by atoms with Crippen LogP contribution in [0.25, 0.3) is 0 Å². The molecule has 0 atom stereocenters. The first-order chi connectivity index (χ1) is 8.43. The van der Waals surface area contributed by atoms with Crippen molar-refractivity contribution in [3.8, 4) is 0 Å². The van der Waals surface area contributed by atoms with E-state index in [1.165, 1.54) is 6.07 Å². The highest BCUT2D eigenvalue weighted by atomic mass is 79.9. The molecular weight excluding hydrogens is 306 g/mol. The predicted molar refractivity (Wildman–Crippen MR) is 65.5 cm³/mol. The average Bonchev–Trinajstić information content (AvgIpc) is 2.56. The summed E-state index contributed by atoms with van der Waals surface area (Å²) in [5, 5.41) is 3.96. The van der Waals surface area contributed by atoms with Gasteiger partial charge in [0.15, 0.2) is 0 Å². The SMILES string of the molecule is Cc1nn(C(=O)c2c(F)cccc2F)c(C)c1Br. The lowest BCUT2D eigenvalue weighted by Crippen LogP contribution is -2.18. The van der Waals surface area contributed by atoms with E-state index in [9.17, 15) is 13.6 Å². The summed E-state index contributed by atoms with van der Waals surface area (Å²) in [4.78, 5) is 12.1. The van der Waals surface area contributed by atoms with Crippen LogP contribution in [0.15, 0.2) is 22.7 Å². The van der Waals surface area contributed by atoms with Gasteiger partial charge < -0.3 is 0 Å². The van der Waals surface area contributed by atoms with Crippen LogP contribution in [-0.2, 0) is 0 Å². The van der Waals surface area contributed by atoms with Crippen molar-refractivity contribution in [1.82, 2.24) is 9.78 Å². The normalized spacial score (nSPS) is 10.7. The van der Waals surface area contributed by atoms with E-state index in [-0.39, 0.29) is 0 Å². The van der Waals surface area contributed by atoms with Crippen molar-refractivity contribution in [3.63, 3.8) is 0 Å². The molecule has 0 N–H and O–H groups in total. The lowest BCUT2D eigenvalue weighted by atomic mass is 10.2. The number of carbonyl (C=O) groups is 1. The molecule has 0 unspecified atom stereocenters. The van der Waals surface area contributed by atoms with Gasteiger partial charge in [-0.15, -0.1) is 0 Å². The van der Waals surface area contributed by atoms with Crippen molar-refractivity contribution in [2.45, 2.75) is 13.8 Å². The van der Waals surface area contributed by atoms with Gasteiger partial charge in [-0.05, 0) is 41.9 Å². The van der Waals surface area contributed by atoms with Gasteiger partial charge in [0.05, 0.1) is 15.9 Å². The Hall–Kier alpha value is -1.56. The standard InChI is InChI=1S/C12H9BrF2N2O/c1-6-11(13)7(2)17(16-6)12(18)10-8(14)4-3-5-9(10)15/h3-5H,1-2H3. The summed E-state index contributed by atoms with van der Waals surface area (Å²) < 4.78 is 28.7. The molecule has 0 spiro atoms. The van der Waals surface area contributed by atoms with Gasteiger partial charge in [0.1, 0.15) is 17.2 Å². The molecule has 0 aliphatic heterocycles. The van der Waals surface area contributed by atoms with Crippen LogP contribution in [0.4, 0.5) is 8.78 Å². The number of halogens is 3. The number of hydrogen-bond acceptors (Lipinski definition) is 2. The van der Waals surface area contributed by atoms with Gasteiger partial charge in [-0.3, -0.25) is 4.79 Å². The van der Waals surface area contributed by atoms with Crippen LogP contribution in [0.5, 0.6) is 0 Å². The maximum Gasteiger partial charge on any atom is 0.284 e. The van der Waals surface area contributed by atoms with E-state index >= 15 is 0 Å². The van der Waals surface area contributed by atoms with E-state index in [1.54, 1.807) is 13.8 Å². The van der Waals surface area contributed by atoms with Crippen molar-refractivity contribution in [2.24, 2.45) is 0 Å². The highest BCUT2D eigenvalue weighted by Gasteiger charge is 2.22. The maximum absolute atomic E-state index is 13.5. The Kier molecular flexibility index (Phi) is 3.30. The summed E-state index contributed by atoms with van der Waals surface area (Å²) in [6, 6.07) is 3.28. The largest absolute Gasteiger partial charge is 0.284 e. The Balaban J connectivity index is 2.59. The molecule has 2 aromatic rings. The fourth-order valence-electron chi connectivity index (χ4n) is 1.63. The topological polar surface area (TPSA) is 34.9 Å². The molecule has 6 heteroatoms. The van der Waals surface area contributed by atoms with E-state index in [0.29, 0.717) is 15.9 Å². The van der Waals surface area contributed by atoms with E-state index in [2.05, 4.69) is 21.0 Å². The molecule has 0 radical (unpaired) electrons. The molecule has 1 aromatic carbocycles. The van der Waals surface area contributed by atoms with Gasteiger partial charge >= 0.3 is 0 Å². The number of aryl methyl sites for hydroxylation is 1. The van der Waals surface area contributed by atoms with Gasteiger partial charge in [0.25, 0.3) is 5.91 Å². The Morgan fingerprint density at radius 3 is 2.28 bits per heavy atom. The van der Waals surface area contributed by atoms with Crippen molar-refractivity contribution in [1.29, 1.82) is 0 Å². The maximum atomic E-state index is 13.5. The van der Waals surface area contributed by atoms with Crippen LogP contribution < -0.4 is 0 Å². The molecule has 0 fully saturated rings.